The topological polar surface area (TPSA) is 85.0 Å². The molecule has 4 rings (SSSR count). The largest absolute Gasteiger partial charge is 0.356 e. The summed E-state index contributed by atoms with van der Waals surface area (Å²) in [6, 6.07) is 6.89. The first-order valence-electron chi connectivity index (χ1n) is 10.6. The third kappa shape index (κ3) is 5.27. The van der Waals surface area contributed by atoms with E-state index < -0.39 is 0 Å². The molecule has 0 unspecified atom stereocenters. The molecule has 0 saturated heterocycles. The van der Waals surface area contributed by atoms with Gasteiger partial charge in [-0.25, -0.2) is 4.99 Å². The van der Waals surface area contributed by atoms with E-state index in [2.05, 4.69) is 55.3 Å². The minimum atomic E-state index is 0.548. The van der Waals surface area contributed by atoms with Gasteiger partial charge in [0.15, 0.2) is 11.8 Å². The molecule has 0 aromatic carbocycles. The maximum Gasteiger partial charge on any atom is 0.192 e. The summed E-state index contributed by atoms with van der Waals surface area (Å²) in [6.07, 6.45) is 8.15. The van der Waals surface area contributed by atoms with Gasteiger partial charge in [-0.1, -0.05) is 18.9 Å². The third-order valence-corrected chi connectivity index (χ3v) is 6.54. The van der Waals surface area contributed by atoms with Gasteiger partial charge < -0.3 is 15.2 Å². The molecule has 0 amide bonds. The summed E-state index contributed by atoms with van der Waals surface area (Å²) in [6.45, 7) is 3.89. The van der Waals surface area contributed by atoms with Crippen LogP contribution in [-0.4, -0.2) is 37.0 Å². The second-order valence-corrected chi connectivity index (χ2v) is 8.75. The summed E-state index contributed by atoms with van der Waals surface area (Å²) in [5, 5.41) is 22.0. The fraction of sp³-hybridized carbons (Fsp3) is 0.524. The summed E-state index contributed by atoms with van der Waals surface area (Å²) in [7, 11) is 1.98. The van der Waals surface area contributed by atoms with Crippen LogP contribution in [0.15, 0.2) is 34.8 Å². The standard InChI is InChI=1S/C21H30N8S/c1-16-25-26-20(28(16)2)15-24-21(22-11-9-19-8-5-13-30-19)23-14-17-10-12-29(27-17)18-6-3-4-7-18/h5,8,10,12-13,18H,3-4,6-7,9,11,14-15H2,1-2H3,(H2,22,23,24). The van der Waals surface area contributed by atoms with Crippen LogP contribution in [0.5, 0.6) is 0 Å². The van der Waals surface area contributed by atoms with Gasteiger partial charge in [-0.15, -0.1) is 21.5 Å². The summed E-state index contributed by atoms with van der Waals surface area (Å²) >= 11 is 1.78. The molecule has 0 spiro atoms. The molecule has 30 heavy (non-hydrogen) atoms. The average Bonchev–Trinajstić information content (AvgIpc) is 3.54. The van der Waals surface area contributed by atoms with Gasteiger partial charge in [-0.05, 0) is 43.7 Å². The van der Waals surface area contributed by atoms with Crippen LogP contribution >= 0.6 is 11.3 Å². The van der Waals surface area contributed by atoms with Crippen molar-refractivity contribution in [2.24, 2.45) is 12.0 Å². The van der Waals surface area contributed by atoms with Gasteiger partial charge in [0.1, 0.15) is 5.82 Å². The van der Waals surface area contributed by atoms with Crippen molar-refractivity contribution in [1.29, 1.82) is 0 Å². The number of nitrogens with one attached hydrogen (secondary N) is 2. The van der Waals surface area contributed by atoms with Crippen LogP contribution in [0, 0.1) is 6.92 Å². The van der Waals surface area contributed by atoms with E-state index in [0.717, 1.165) is 36.3 Å². The van der Waals surface area contributed by atoms with E-state index >= 15 is 0 Å². The Morgan fingerprint density at radius 3 is 2.83 bits per heavy atom. The van der Waals surface area contributed by atoms with Crippen LogP contribution in [0.2, 0.25) is 0 Å². The number of rotatable bonds is 8. The highest BCUT2D eigenvalue weighted by Gasteiger charge is 2.17. The van der Waals surface area contributed by atoms with Gasteiger partial charge in [-0.2, -0.15) is 5.10 Å². The van der Waals surface area contributed by atoms with Crippen molar-refractivity contribution < 1.29 is 0 Å². The Morgan fingerprint density at radius 1 is 1.23 bits per heavy atom. The molecule has 1 fully saturated rings. The number of thiophene rings is 1. The number of hydrogen-bond acceptors (Lipinski definition) is 5. The molecule has 0 radical (unpaired) electrons. The molecule has 8 nitrogen and oxygen atoms in total. The Morgan fingerprint density at radius 2 is 2.10 bits per heavy atom. The first kappa shape index (κ1) is 20.6. The zero-order valence-corrected chi connectivity index (χ0v) is 18.5. The predicted molar refractivity (Wildman–Crippen MR) is 119 cm³/mol. The lowest BCUT2D eigenvalue weighted by molar-refractivity contribution is 0.463. The number of guanidine groups is 1. The van der Waals surface area contributed by atoms with E-state index in [9.17, 15) is 0 Å². The molecule has 9 heteroatoms. The zero-order chi connectivity index (χ0) is 20.8. The second-order valence-electron chi connectivity index (χ2n) is 7.72. The number of aryl methyl sites for hydroxylation is 1. The molecular formula is C21H30N8S. The van der Waals surface area contributed by atoms with Crippen LogP contribution in [0.4, 0.5) is 0 Å². The highest BCUT2D eigenvalue weighted by Crippen LogP contribution is 2.28. The molecule has 3 aromatic rings. The maximum absolute atomic E-state index is 4.77. The summed E-state index contributed by atoms with van der Waals surface area (Å²) in [4.78, 5) is 6.13. The molecule has 0 atom stereocenters. The average molecular weight is 427 g/mol. The van der Waals surface area contributed by atoms with Gasteiger partial charge in [0, 0.05) is 24.7 Å². The van der Waals surface area contributed by atoms with E-state index in [1.807, 2.05) is 18.5 Å². The lowest BCUT2D eigenvalue weighted by Crippen LogP contribution is -2.38. The van der Waals surface area contributed by atoms with Crippen LogP contribution in [-0.2, 0) is 26.6 Å². The SMILES string of the molecule is Cc1nnc(CNC(=NCc2ccn(C3CCCC3)n2)NCCc2cccs2)n1C. The van der Waals surface area contributed by atoms with Crippen molar-refractivity contribution in [3.05, 3.63) is 52.0 Å². The molecule has 0 bridgehead atoms. The molecule has 2 N–H and O–H groups in total. The second kappa shape index (κ2) is 9.88. The van der Waals surface area contributed by atoms with Crippen molar-refractivity contribution >= 4 is 17.3 Å². The molecule has 1 aliphatic carbocycles. The van der Waals surface area contributed by atoms with Crippen molar-refractivity contribution in [3.8, 4) is 0 Å². The highest BCUT2D eigenvalue weighted by atomic mass is 32.1. The molecular weight excluding hydrogens is 396 g/mol. The third-order valence-electron chi connectivity index (χ3n) is 5.60. The van der Waals surface area contributed by atoms with E-state index in [1.165, 1.54) is 30.6 Å². The summed E-state index contributed by atoms with van der Waals surface area (Å²) in [5.41, 5.74) is 0.996. The Kier molecular flexibility index (Phi) is 6.78. The smallest absolute Gasteiger partial charge is 0.192 e. The molecule has 3 heterocycles. The highest BCUT2D eigenvalue weighted by molar-refractivity contribution is 7.09. The Hall–Kier alpha value is -2.68. The normalized spacial score (nSPS) is 15.1. The van der Waals surface area contributed by atoms with Crippen LogP contribution in [0.1, 0.15) is 53.9 Å². The number of hydrogen-bond donors (Lipinski definition) is 2. The maximum atomic E-state index is 4.77. The number of aliphatic imine (C=N–C) groups is 1. The Labute approximate surface area is 181 Å². The summed E-state index contributed by atoms with van der Waals surface area (Å²) < 4.78 is 4.11. The molecule has 160 valence electrons. The predicted octanol–water partition coefficient (Wildman–Crippen LogP) is 2.97. The first-order valence-corrected chi connectivity index (χ1v) is 11.5. The van der Waals surface area contributed by atoms with Crippen molar-refractivity contribution in [3.63, 3.8) is 0 Å². The molecule has 1 aliphatic rings. The van der Waals surface area contributed by atoms with Crippen molar-refractivity contribution in [1.82, 2.24) is 35.2 Å². The number of nitrogens with zero attached hydrogens (tertiary/aromatic N) is 6. The molecule has 1 saturated carbocycles. The van der Waals surface area contributed by atoms with Gasteiger partial charge in [0.25, 0.3) is 0 Å². The molecule has 0 aliphatic heterocycles. The van der Waals surface area contributed by atoms with Crippen molar-refractivity contribution in [2.75, 3.05) is 6.54 Å². The monoisotopic (exact) mass is 426 g/mol. The van der Waals surface area contributed by atoms with E-state index in [1.54, 1.807) is 11.3 Å². The van der Waals surface area contributed by atoms with E-state index in [-0.39, 0.29) is 0 Å². The van der Waals surface area contributed by atoms with Crippen LogP contribution < -0.4 is 10.6 Å². The lowest BCUT2D eigenvalue weighted by Gasteiger charge is -2.12. The fourth-order valence-electron chi connectivity index (χ4n) is 3.69. The van der Waals surface area contributed by atoms with E-state index in [0.29, 0.717) is 19.1 Å². The van der Waals surface area contributed by atoms with Gasteiger partial charge in [0.05, 0.1) is 24.8 Å². The van der Waals surface area contributed by atoms with Crippen molar-refractivity contribution in [2.45, 2.75) is 58.2 Å². The van der Waals surface area contributed by atoms with E-state index in [4.69, 9.17) is 10.1 Å². The molecule has 3 aromatic heterocycles. The fourth-order valence-corrected chi connectivity index (χ4v) is 4.40. The van der Waals surface area contributed by atoms with Crippen LogP contribution in [0.25, 0.3) is 0 Å². The lowest BCUT2D eigenvalue weighted by atomic mass is 10.3. The quantitative estimate of drug-likeness (QED) is 0.427. The minimum Gasteiger partial charge on any atom is -0.356 e. The Bertz CT molecular complexity index is 950. The summed E-state index contributed by atoms with van der Waals surface area (Å²) in [5.74, 6) is 2.54. The van der Waals surface area contributed by atoms with Crippen LogP contribution in [0.3, 0.4) is 0 Å². The number of aromatic nitrogens is 5. The van der Waals surface area contributed by atoms with Gasteiger partial charge in [-0.3, -0.25) is 4.68 Å². The Balaban J connectivity index is 1.37. The zero-order valence-electron chi connectivity index (χ0n) is 17.7. The minimum absolute atomic E-state index is 0.548. The van der Waals surface area contributed by atoms with Gasteiger partial charge in [0.2, 0.25) is 0 Å². The first-order chi connectivity index (χ1) is 14.7. The van der Waals surface area contributed by atoms with Gasteiger partial charge >= 0.3 is 0 Å².